The fourth-order valence-electron chi connectivity index (χ4n) is 3.05. The van der Waals surface area contributed by atoms with Gasteiger partial charge in [-0.05, 0) is 60.7 Å². The first-order valence-corrected chi connectivity index (χ1v) is 12.5. The fraction of sp³-hybridized carbons (Fsp3) is 0.136. The molecule has 0 saturated carbocycles. The van der Waals surface area contributed by atoms with Gasteiger partial charge in [-0.1, -0.05) is 54.1 Å². The average Bonchev–Trinajstić information content (AvgIpc) is 2.68. The highest BCUT2D eigenvalue weighted by Crippen LogP contribution is 2.70. The molecule has 29 heavy (non-hydrogen) atoms. The Labute approximate surface area is 170 Å². The standard InChI is InChI=1S/C22H21O5P2/c1-16-14-17(2)21(18(3)15-16)22(23)28(24)29(25,26-19-10-6-4-7-11-19)27-20-12-8-5-9-13-20/h4-15H,1-3H3/q+1. The lowest BCUT2D eigenvalue weighted by Gasteiger charge is -2.12. The summed E-state index contributed by atoms with van der Waals surface area (Å²) in [4.78, 5) is 13.1. The zero-order valence-electron chi connectivity index (χ0n) is 16.4. The van der Waals surface area contributed by atoms with Crippen LogP contribution < -0.4 is 9.05 Å². The Bertz CT molecular complexity index is 1030. The summed E-state index contributed by atoms with van der Waals surface area (Å²) in [7, 11) is -7.40. The Morgan fingerprint density at radius 3 is 1.62 bits per heavy atom. The average molecular weight is 427 g/mol. The molecule has 1 atom stereocenters. The van der Waals surface area contributed by atoms with Crippen molar-refractivity contribution in [2.75, 3.05) is 0 Å². The van der Waals surface area contributed by atoms with Gasteiger partial charge >= 0.3 is 20.3 Å². The van der Waals surface area contributed by atoms with Crippen molar-refractivity contribution >= 4 is 20.3 Å². The Balaban J connectivity index is 2.02. The predicted molar refractivity (Wildman–Crippen MR) is 114 cm³/mol. The molecule has 0 N–H and O–H groups in total. The van der Waals surface area contributed by atoms with Crippen LogP contribution in [-0.4, -0.2) is 5.52 Å². The van der Waals surface area contributed by atoms with Crippen molar-refractivity contribution in [1.29, 1.82) is 0 Å². The van der Waals surface area contributed by atoms with E-state index in [1.807, 2.05) is 19.1 Å². The van der Waals surface area contributed by atoms with Crippen molar-refractivity contribution in [2.45, 2.75) is 20.8 Å². The minimum Gasteiger partial charge on any atom is -0.380 e. The van der Waals surface area contributed by atoms with Crippen molar-refractivity contribution < 1.29 is 23.0 Å². The number of hydrogen-bond acceptors (Lipinski definition) is 5. The first kappa shape index (κ1) is 21.0. The molecular weight excluding hydrogens is 406 g/mol. The maximum absolute atomic E-state index is 13.6. The van der Waals surface area contributed by atoms with Gasteiger partial charge in [-0.15, -0.1) is 0 Å². The van der Waals surface area contributed by atoms with Crippen molar-refractivity contribution in [3.63, 3.8) is 0 Å². The maximum Gasteiger partial charge on any atom is 0.687 e. The second-order valence-electron chi connectivity index (χ2n) is 6.63. The third-order valence-corrected chi connectivity index (χ3v) is 8.48. The van der Waals surface area contributed by atoms with E-state index < -0.39 is 20.3 Å². The molecule has 0 bridgehead atoms. The highest BCUT2D eigenvalue weighted by Gasteiger charge is 2.59. The number of carbonyl (C=O) groups is 1. The van der Waals surface area contributed by atoms with Gasteiger partial charge in [-0.2, -0.15) is 4.57 Å². The molecule has 0 fully saturated rings. The van der Waals surface area contributed by atoms with Gasteiger partial charge in [0.05, 0.1) is 5.56 Å². The van der Waals surface area contributed by atoms with E-state index in [0.717, 1.165) is 5.56 Å². The Kier molecular flexibility index (Phi) is 6.32. The van der Waals surface area contributed by atoms with Gasteiger partial charge in [0.15, 0.2) is 0 Å². The number of benzene rings is 3. The van der Waals surface area contributed by atoms with Gasteiger partial charge in [0.25, 0.3) is 0 Å². The summed E-state index contributed by atoms with van der Waals surface area (Å²) >= 11 is 0. The lowest BCUT2D eigenvalue weighted by molar-refractivity contribution is 0.107. The maximum atomic E-state index is 13.6. The zero-order chi connectivity index (χ0) is 21.0. The molecule has 5 nitrogen and oxygen atoms in total. The minimum absolute atomic E-state index is 0.209. The van der Waals surface area contributed by atoms with Crippen LogP contribution in [0.2, 0.25) is 0 Å². The van der Waals surface area contributed by atoms with E-state index in [4.69, 9.17) is 9.05 Å². The largest absolute Gasteiger partial charge is 0.687 e. The molecule has 1 unspecified atom stereocenters. The van der Waals surface area contributed by atoms with Crippen molar-refractivity contribution in [2.24, 2.45) is 0 Å². The van der Waals surface area contributed by atoms with Crippen LogP contribution in [0.15, 0.2) is 72.8 Å². The smallest absolute Gasteiger partial charge is 0.380 e. The van der Waals surface area contributed by atoms with Crippen LogP contribution in [0.4, 0.5) is 0 Å². The summed E-state index contributed by atoms with van der Waals surface area (Å²) in [6.45, 7) is 5.44. The molecule has 0 aliphatic heterocycles. The van der Waals surface area contributed by atoms with E-state index in [1.165, 1.54) is 0 Å². The van der Waals surface area contributed by atoms with E-state index in [9.17, 15) is 13.9 Å². The summed E-state index contributed by atoms with van der Waals surface area (Å²) < 4.78 is 37.9. The lowest BCUT2D eigenvalue weighted by Crippen LogP contribution is -2.06. The van der Waals surface area contributed by atoms with E-state index in [1.54, 1.807) is 74.5 Å². The van der Waals surface area contributed by atoms with Crippen LogP contribution >= 0.6 is 14.8 Å². The fourth-order valence-corrected chi connectivity index (χ4v) is 6.75. The predicted octanol–water partition coefficient (Wildman–Crippen LogP) is 6.85. The third kappa shape index (κ3) is 4.82. The molecule has 148 valence electrons. The highest BCUT2D eigenvalue weighted by molar-refractivity contribution is 8.30. The Morgan fingerprint density at radius 2 is 1.21 bits per heavy atom. The van der Waals surface area contributed by atoms with Crippen LogP contribution in [0.1, 0.15) is 27.0 Å². The molecule has 3 aromatic carbocycles. The van der Waals surface area contributed by atoms with Crippen molar-refractivity contribution in [3.8, 4) is 11.5 Å². The summed E-state index contributed by atoms with van der Waals surface area (Å²) in [6, 6.07) is 20.2. The summed E-state index contributed by atoms with van der Waals surface area (Å²) in [6.07, 6.45) is 0. The molecule has 3 aromatic rings. The quantitative estimate of drug-likeness (QED) is 0.386. The van der Waals surface area contributed by atoms with E-state index in [-0.39, 0.29) is 17.1 Å². The molecule has 0 spiro atoms. The van der Waals surface area contributed by atoms with E-state index in [0.29, 0.717) is 11.1 Å². The zero-order valence-corrected chi connectivity index (χ0v) is 18.2. The molecule has 0 radical (unpaired) electrons. The normalized spacial score (nSPS) is 11.6. The van der Waals surface area contributed by atoms with Crippen LogP contribution in [0.5, 0.6) is 11.5 Å². The van der Waals surface area contributed by atoms with Gasteiger partial charge in [0.2, 0.25) is 0 Å². The van der Waals surface area contributed by atoms with E-state index in [2.05, 4.69) is 0 Å². The molecule has 0 amide bonds. The number of rotatable bonds is 7. The van der Waals surface area contributed by atoms with Crippen molar-refractivity contribution in [3.05, 3.63) is 95.1 Å². The Morgan fingerprint density at radius 1 is 0.793 bits per heavy atom. The number of para-hydroxylation sites is 2. The molecule has 0 aliphatic carbocycles. The highest BCUT2D eigenvalue weighted by atomic mass is 32.1. The number of carbonyl (C=O) groups excluding carboxylic acids is 1. The summed E-state index contributed by atoms with van der Waals surface area (Å²) in [5.74, 6) is 0.417. The van der Waals surface area contributed by atoms with Crippen LogP contribution in [0.3, 0.4) is 0 Å². The SMILES string of the molecule is Cc1cc(C)c(C(=O)[P+](=O)P(=O)(Oc2ccccc2)Oc2ccccc2)c(C)c1. The van der Waals surface area contributed by atoms with Gasteiger partial charge < -0.3 is 9.05 Å². The molecule has 0 aliphatic rings. The number of aryl methyl sites for hydroxylation is 3. The molecule has 3 rings (SSSR count). The van der Waals surface area contributed by atoms with E-state index >= 15 is 0 Å². The van der Waals surface area contributed by atoms with Crippen molar-refractivity contribution in [1.82, 2.24) is 0 Å². The molecular formula is C22H21O5P2+. The monoisotopic (exact) mass is 427 g/mol. The first-order valence-electron chi connectivity index (χ1n) is 8.99. The van der Waals surface area contributed by atoms with Gasteiger partial charge in [0, 0.05) is 0 Å². The van der Waals surface area contributed by atoms with Gasteiger partial charge in [-0.25, -0.2) is 4.79 Å². The number of hydrogen-bond donors (Lipinski definition) is 0. The first-order chi connectivity index (χ1) is 13.8. The van der Waals surface area contributed by atoms with Gasteiger partial charge in [0.1, 0.15) is 11.5 Å². The molecule has 0 saturated heterocycles. The topological polar surface area (TPSA) is 69.7 Å². The van der Waals surface area contributed by atoms with Crippen LogP contribution in [0, 0.1) is 20.8 Å². The van der Waals surface area contributed by atoms with Crippen LogP contribution in [-0.2, 0) is 9.13 Å². The Hall–Kier alpha value is -2.74. The third-order valence-electron chi connectivity index (χ3n) is 4.22. The molecule has 0 heterocycles. The van der Waals surface area contributed by atoms with Crippen LogP contribution in [0.25, 0.3) is 0 Å². The summed E-state index contributed by atoms with van der Waals surface area (Å²) in [5.41, 5.74) is 1.86. The second-order valence-corrected chi connectivity index (χ2v) is 11.4. The second kappa shape index (κ2) is 8.73. The van der Waals surface area contributed by atoms with Gasteiger partial charge in [-0.3, -0.25) is 0 Å². The molecule has 7 heteroatoms. The summed E-state index contributed by atoms with van der Waals surface area (Å²) in [5, 5.41) is 0. The molecule has 0 aromatic heterocycles. The minimum atomic E-state index is -4.37. The lowest BCUT2D eigenvalue weighted by atomic mass is 10.0.